The summed E-state index contributed by atoms with van der Waals surface area (Å²) in [4.78, 5) is 6.26. The fourth-order valence-electron chi connectivity index (χ4n) is 2.16. The van der Waals surface area contributed by atoms with E-state index in [-0.39, 0.29) is 0 Å². The number of aromatic nitrogens is 1. The normalized spacial score (nSPS) is 11.3. The summed E-state index contributed by atoms with van der Waals surface area (Å²) in [5.74, 6) is 0. The van der Waals surface area contributed by atoms with Gasteiger partial charge in [-0.05, 0) is 24.1 Å². The molecule has 0 aliphatic carbocycles. The smallest absolute Gasteiger partial charge is 0.0975 e. The first-order chi connectivity index (χ1) is 10.1. The Morgan fingerprint density at radius 1 is 1.24 bits per heavy atom. The highest BCUT2D eigenvalue weighted by Gasteiger charge is 2.11. The standard InChI is InChI=1S/C17H23BrN2S/c1-4-5-15-16(11-19-12(2)3)21-17(20-15)10-13-6-8-14(18)9-7-13/h6-9,12,19H,4-5,10-11H2,1-3H3. The first-order valence-corrected chi connectivity index (χ1v) is 9.14. The average Bonchev–Trinajstić information content (AvgIpc) is 2.81. The van der Waals surface area contributed by atoms with Crippen molar-refractivity contribution in [3.63, 3.8) is 0 Å². The van der Waals surface area contributed by atoms with E-state index < -0.39 is 0 Å². The maximum Gasteiger partial charge on any atom is 0.0975 e. The van der Waals surface area contributed by atoms with Crippen LogP contribution in [-0.2, 0) is 19.4 Å². The minimum absolute atomic E-state index is 0.511. The molecule has 0 unspecified atom stereocenters. The molecule has 0 aliphatic heterocycles. The number of thiazole rings is 1. The molecule has 2 nitrogen and oxygen atoms in total. The molecule has 0 spiro atoms. The fraction of sp³-hybridized carbons (Fsp3) is 0.471. The average molecular weight is 367 g/mol. The van der Waals surface area contributed by atoms with E-state index in [1.165, 1.54) is 21.1 Å². The van der Waals surface area contributed by atoms with E-state index in [2.05, 4.69) is 66.3 Å². The zero-order chi connectivity index (χ0) is 15.2. The van der Waals surface area contributed by atoms with Gasteiger partial charge in [-0.1, -0.05) is 55.3 Å². The predicted octanol–water partition coefficient (Wildman–Crippen LogP) is 4.95. The lowest BCUT2D eigenvalue weighted by molar-refractivity contribution is 0.589. The Bertz CT molecular complexity index is 561. The number of rotatable bonds is 7. The van der Waals surface area contributed by atoms with Crippen LogP contribution in [0.3, 0.4) is 0 Å². The lowest BCUT2D eigenvalue weighted by atomic mass is 10.1. The summed E-state index contributed by atoms with van der Waals surface area (Å²) in [5, 5.41) is 4.73. The second-order valence-electron chi connectivity index (χ2n) is 5.57. The highest BCUT2D eigenvalue weighted by Crippen LogP contribution is 2.23. The molecule has 2 rings (SSSR count). The molecule has 1 N–H and O–H groups in total. The monoisotopic (exact) mass is 366 g/mol. The Hall–Kier alpha value is -0.710. The Morgan fingerprint density at radius 2 is 1.95 bits per heavy atom. The first-order valence-electron chi connectivity index (χ1n) is 7.53. The molecule has 114 valence electrons. The second kappa shape index (κ2) is 8.06. The molecule has 2 aromatic rings. The van der Waals surface area contributed by atoms with Gasteiger partial charge in [-0.15, -0.1) is 11.3 Å². The van der Waals surface area contributed by atoms with Gasteiger partial charge in [0.15, 0.2) is 0 Å². The molecule has 4 heteroatoms. The van der Waals surface area contributed by atoms with Crippen molar-refractivity contribution in [2.75, 3.05) is 0 Å². The van der Waals surface area contributed by atoms with E-state index in [4.69, 9.17) is 4.98 Å². The van der Waals surface area contributed by atoms with Crippen LogP contribution in [0.4, 0.5) is 0 Å². The van der Waals surface area contributed by atoms with Crippen LogP contribution in [0.25, 0.3) is 0 Å². The van der Waals surface area contributed by atoms with Crippen LogP contribution in [-0.4, -0.2) is 11.0 Å². The van der Waals surface area contributed by atoms with Crippen LogP contribution >= 0.6 is 27.3 Å². The third kappa shape index (κ3) is 5.20. The van der Waals surface area contributed by atoms with Crippen molar-refractivity contribution >= 4 is 27.3 Å². The van der Waals surface area contributed by atoms with Crippen molar-refractivity contribution in [3.8, 4) is 0 Å². The maximum atomic E-state index is 4.86. The molecule has 0 atom stereocenters. The molecular weight excluding hydrogens is 344 g/mol. The lowest BCUT2D eigenvalue weighted by Gasteiger charge is -2.07. The van der Waals surface area contributed by atoms with Gasteiger partial charge in [0.2, 0.25) is 0 Å². The molecule has 0 fully saturated rings. The zero-order valence-corrected chi connectivity index (χ0v) is 15.4. The van der Waals surface area contributed by atoms with E-state index in [9.17, 15) is 0 Å². The number of benzene rings is 1. The molecule has 1 heterocycles. The molecule has 0 amide bonds. The van der Waals surface area contributed by atoms with E-state index in [1.807, 2.05) is 11.3 Å². The van der Waals surface area contributed by atoms with Gasteiger partial charge >= 0.3 is 0 Å². The van der Waals surface area contributed by atoms with Gasteiger partial charge in [-0.2, -0.15) is 0 Å². The van der Waals surface area contributed by atoms with Crippen molar-refractivity contribution in [1.29, 1.82) is 0 Å². The Balaban J connectivity index is 2.12. The summed E-state index contributed by atoms with van der Waals surface area (Å²) in [6.07, 6.45) is 3.15. The van der Waals surface area contributed by atoms with Crippen molar-refractivity contribution < 1.29 is 0 Å². The van der Waals surface area contributed by atoms with Crippen LogP contribution in [0.15, 0.2) is 28.7 Å². The minimum atomic E-state index is 0.511. The van der Waals surface area contributed by atoms with Crippen molar-refractivity contribution in [3.05, 3.63) is 49.9 Å². The molecule has 0 saturated heterocycles. The third-order valence-electron chi connectivity index (χ3n) is 3.25. The van der Waals surface area contributed by atoms with E-state index in [0.29, 0.717) is 6.04 Å². The van der Waals surface area contributed by atoms with Gasteiger partial charge in [-0.3, -0.25) is 0 Å². The molecular formula is C17H23BrN2S. The molecule has 0 aliphatic rings. The molecule has 0 saturated carbocycles. The first kappa shape index (κ1) is 16.7. The lowest BCUT2D eigenvalue weighted by Crippen LogP contribution is -2.21. The van der Waals surface area contributed by atoms with Crippen LogP contribution in [0.2, 0.25) is 0 Å². The Morgan fingerprint density at radius 3 is 2.57 bits per heavy atom. The van der Waals surface area contributed by atoms with Gasteiger partial charge in [-0.25, -0.2) is 4.98 Å². The van der Waals surface area contributed by atoms with Gasteiger partial charge in [0.1, 0.15) is 0 Å². The molecule has 21 heavy (non-hydrogen) atoms. The number of hydrogen-bond acceptors (Lipinski definition) is 3. The summed E-state index contributed by atoms with van der Waals surface area (Å²) >= 11 is 5.34. The highest BCUT2D eigenvalue weighted by molar-refractivity contribution is 9.10. The minimum Gasteiger partial charge on any atom is -0.310 e. The highest BCUT2D eigenvalue weighted by atomic mass is 79.9. The number of aryl methyl sites for hydroxylation is 1. The van der Waals surface area contributed by atoms with Gasteiger partial charge in [0.25, 0.3) is 0 Å². The summed E-state index contributed by atoms with van der Waals surface area (Å²) in [6.45, 7) is 7.52. The largest absolute Gasteiger partial charge is 0.310 e. The summed E-state index contributed by atoms with van der Waals surface area (Å²) < 4.78 is 1.12. The zero-order valence-electron chi connectivity index (χ0n) is 12.9. The Labute approximate surface area is 140 Å². The second-order valence-corrected chi connectivity index (χ2v) is 7.65. The van der Waals surface area contributed by atoms with Crippen molar-refractivity contribution in [2.24, 2.45) is 0 Å². The van der Waals surface area contributed by atoms with Gasteiger partial charge in [0, 0.05) is 28.4 Å². The number of halogens is 1. The van der Waals surface area contributed by atoms with E-state index in [1.54, 1.807) is 0 Å². The maximum absolute atomic E-state index is 4.86. The quantitative estimate of drug-likeness (QED) is 0.749. The van der Waals surface area contributed by atoms with Gasteiger partial charge in [0.05, 0.1) is 10.7 Å². The Kier molecular flexibility index (Phi) is 6.40. The van der Waals surface area contributed by atoms with Crippen molar-refractivity contribution in [1.82, 2.24) is 10.3 Å². The van der Waals surface area contributed by atoms with Crippen LogP contribution in [0, 0.1) is 0 Å². The molecule has 0 bridgehead atoms. The van der Waals surface area contributed by atoms with Crippen LogP contribution in [0.1, 0.15) is 48.3 Å². The molecule has 1 aromatic heterocycles. The number of nitrogens with one attached hydrogen (secondary N) is 1. The molecule has 1 aromatic carbocycles. The van der Waals surface area contributed by atoms with Crippen LogP contribution in [0.5, 0.6) is 0 Å². The third-order valence-corrected chi connectivity index (χ3v) is 4.88. The predicted molar refractivity (Wildman–Crippen MR) is 95.0 cm³/mol. The SMILES string of the molecule is CCCc1nc(Cc2ccc(Br)cc2)sc1CNC(C)C. The summed E-state index contributed by atoms with van der Waals surface area (Å²) in [5.41, 5.74) is 2.60. The van der Waals surface area contributed by atoms with Crippen LogP contribution < -0.4 is 5.32 Å². The number of nitrogens with zero attached hydrogens (tertiary/aromatic N) is 1. The number of hydrogen-bond donors (Lipinski definition) is 1. The van der Waals surface area contributed by atoms with Crippen molar-refractivity contribution in [2.45, 2.75) is 52.6 Å². The summed E-state index contributed by atoms with van der Waals surface area (Å²) in [7, 11) is 0. The van der Waals surface area contributed by atoms with E-state index >= 15 is 0 Å². The fourth-order valence-corrected chi connectivity index (χ4v) is 3.52. The topological polar surface area (TPSA) is 24.9 Å². The molecule has 0 radical (unpaired) electrons. The van der Waals surface area contributed by atoms with E-state index in [0.717, 1.165) is 30.3 Å². The summed E-state index contributed by atoms with van der Waals surface area (Å²) in [6, 6.07) is 9.03. The van der Waals surface area contributed by atoms with Gasteiger partial charge < -0.3 is 5.32 Å².